The monoisotopic (exact) mass is 256 g/mol. The quantitative estimate of drug-likeness (QED) is 0.768. The van der Waals surface area contributed by atoms with Crippen LogP contribution in [0.5, 0.6) is 0 Å². The van der Waals surface area contributed by atoms with E-state index in [2.05, 4.69) is 10.2 Å². The number of likely N-dealkylation sites (tertiary alicyclic amines) is 1. The number of hydrogen-bond donors (Lipinski definition) is 2. The molecule has 1 saturated heterocycles. The van der Waals surface area contributed by atoms with Gasteiger partial charge in [-0.3, -0.25) is 9.59 Å². The number of carboxylic acid groups (broad SMARTS) is 1. The highest BCUT2D eigenvalue weighted by molar-refractivity contribution is 5.78. The van der Waals surface area contributed by atoms with Gasteiger partial charge in [-0.05, 0) is 25.8 Å². The third-order valence-electron chi connectivity index (χ3n) is 3.36. The van der Waals surface area contributed by atoms with Gasteiger partial charge in [0.2, 0.25) is 5.91 Å². The summed E-state index contributed by atoms with van der Waals surface area (Å²) in [5.74, 6) is -0.315. The maximum Gasteiger partial charge on any atom is 0.303 e. The first-order valence-corrected chi connectivity index (χ1v) is 6.59. The molecule has 0 aromatic heterocycles. The Balaban J connectivity index is 2.45. The lowest BCUT2D eigenvalue weighted by atomic mass is 9.90. The summed E-state index contributed by atoms with van der Waals surface area (Å²) in [6.07, 6.45) is 1.78. The molecule has 0 radical (unpaired) electrons. The third kappa shape index (κ3) is 5.04. The Hall–Kier alpha value is -1.10. The van der Waals surface area contributed by atoms with Crippen molar-refractivity contribution in [2.45, 2.75) is 39.2 Å². The van der Waals surface area contributed by atoms with Crippen molar-refractivity contribution in [1.82, 2.24) is 10.2 Å². The van der Waals surface area contributed by atoms with Gasteiger partial charge in [-0.2, -0.15) is 0 Å². The van der Waals surface area contributed by atoms with E-state index in [9.17, 15) is 9.59 Å². The van der Waals surface area contributed by atoms with Crippen molar-refractivity contribution < 1.29 is 14.7 Å². The molecule has 104 valence electrons. The van der Waals surface area contributed by atoms with E-state index < -0.39 is 5.97 Å². The Bertz CT molecular complexity index is 305. The molecule has 0 aromatic rings. The predicted octanol–water partition coefficient (Wildman–Crippen LogP) is 0.944. The average molecular weight is 256 g/mol. The summed E-state index contributed by atoms with van der Waals surface area (Å²) in [7, 11) is 2.02. The normalized spacial score (nSPS) is 25.1. The number of amides is 1. The van der Waals surface area contributed by atoms with Crippen LogP contribution >= 0.6 is 0 Å². The molecule has 0 spiro atoms. The minimum absolute atomic E-state index is 0.00491. The number of carboxylic acids is 1. The smallest absolute Gasteiger partial charge is 0.303 e. The molecule has 0 saturated carbocycles. The van der Waals surface area contributed by atoms with Crippen LogP contribution < -0.4 is 5.32 Å². The van der Waals surface area contributed by atoms with Crippen LogP contribution in [0.4, 0.5) is 0 Å². The molecule has 0 aliphatic carbocycles. The number of carbonyl (C=O) groups excluding carboxylic acids is 1. The number of nitrogens with zero attached hydrogens (tertiary/aromatic N) is 1. The minimum atomic E-state index is -0.744. The molecule has 1 fully saturated rings. The molecule has 5 nitrogen and oxygen atoms in total. The number of carbonyl (C=O) groups is 2. The van der Waals surface area contributed by atoms with Gasteiger partial charge in [-0.25, -0.2) is 0 Å². The summed E-state index contributed by atoms with van der Waals surface area (Å²) < 4.78 is 0. The van der Waals surface area contributed by atoms with Crippen LogP contribution in [0, 0.1) is 11.8 Å². The molecule has 1 amide bonds. The van der Waals surface area contributed by atoms with Crippen LogP contribution in [0.2, 0.25) is 0 Å². The van der Waals surface area contributed by atoms with Crippen molar-refractivity contribution in [2.75, 3.05) is 20.1 Å². The van der Waals surface area contributed by atoms with Crippen LogP contribution in [0.3, 0.4) is 0 Å². The van der Waals surface area contributed by atoms with E-state index in [1.54, 1.807) is 0 Å². The topological polar surface area (TPSA) is 69.6 Å². The molecule has 2 atom stereocenters. The van der Waals surface area contributed by atoms with Crippen LogP contribution in [0.25, 0.3) is 0 Å². The highest BCUT2D eigenvalue weighted by Gasteiger charge is 2.27. The molecule has 1 heterocycles. The first-order valence-electron chi connectivity index (χ1n) is 6.59. The van der Waals surface area contributed by atoms with Gasteiger partial charge >= 0.3 is 5.97 Å². The summed E-state index contributed by atoms with van der Waals surface area (Å²) in [5.41, 5.74) is 0. The molecule has 0 aromatic carbocycles. The second kappa shape index (κ2) is 6.73. The maximum atomic E-state index is 11.7. The summed E-state index contributed by atoms with van der Waals surface area (Å²) >= 11 is 0. The predicted molar refractivity (Wildman–Crippen MR) is 69.2 cm³/mol. The molecular formula is C13H24N2O3. The van der Waals surface area contributed by atoms with Gasteiger partial charge in [0.25, 0.3) is 0 Å². The van der Waals surface area contributed by atoms with E-state index in [0.717, 1.165) is 19.5 Å². The maximum absolute atomic E-state index is 11.7. The van der Waals surface area contributed by atoms with Gasteiger partial charge in [0.1, 0.15) is 0 Å². The van der Waals surface area contributed by atoms with Gasteiger partial charge in [0.15, 0.2) is 0 Å². The molecule has 0 bridgehead atoms. The number of likely N-dealkylation sites (N-methyl/N-ethyl adjacent to an activating group) is 1. The molecule has 2 unspecified atom stereocenters. The SMILES string of the molecule is CC(C)C(=O)NC1CC(CCC(=O)O)CN(C)C1. The van der Waals surface area contributed by atoms with Gasteiger partial charge in [-0.1, -0.05) is 13.8 Å². The summed E-state index contributed by atoms with van der Waals surface area (Å²) in [4.78, 5) is 24.4. The number of nitrogens with one attached hydrogen (secondary N) is 1. The van der Waals surface area contributed by atoms with Gasteiger partial charge in [0, 0.05) is 31.5 Å². The van der Waals surface area contributed by atoms with Crippen molar-refractivity contribution >= 4 is 11.9 Å². The van der Waals surface area contributed by atoms with E-state index in [1.807, 2.05) is 20.9 Å². The van der Waals surface area contributed by atoms with Gasteiger partial charge in [0.05, 0.1) is 0 Å². The molecule has 1 aliphatic heterocycles. The van der Waals surface area contributed by atoms with Gasteiger partial charge in [-0.15, -0.1) is 0 Å². The Morgan fingerprint density at radius 1 is 1.39 bits per heavy atom. The Morgan fingerprint density at radius 2 is 2.06 bits per heavy atom. The van der Waals surface area contributed by atoms with Crippen LogP contribution in [-0.4, -0.2) is 48.1 Å². The average Bonchev–Trinajstić information content (AvgIpc) is 2.25. The highest BCUT2D eigenvalue weighted by atomic mass is 16.4. The molecule has 1 rings (SSSR count). The fraction of sp³-hybridized carbons (Fsp3) is 0.846. The van der Waals surface area contributed by atoms with Crippen LogP contribution in [0.15, 0.2) is 0 Å². The molecule has 1 aliphatic rings. The molecule has 18 heavy (non-hydrogen) atoms. The fourth-order valence-electron chi connectivity index (χ4n) is 2.45. The van der Waals surface area contributed by atoms with E-state index >= 15 is 0 Å². The van der Waals surface area contributed by atoms with Crippen molar-refractivity contribution in [3.63, 3.8) is 0 Å². The second-order valence-electron chi connectivity index (χ2n) is 5.62. The lowest BCUT2D eigenvalue weighted by Crippen LogP contribution is -2.50. The Kier molecular flexibility index (Phi) is 5.59. The van der Waals surface area contributed by atoms with E-state index in [-0.39, 0.29) is 24.3 Å². The van der Waals surface area contributed by atoms with Crippen LogP contribution in [-0.2, 0) is 9.59 Å². The zero-order valence-electron chi connectivity index (χ0n) is 11.5. The third-order valence-corrected chi connectivity index (χ3v) is 3.36. The first kappa shape index (κ1) is 15.0. The van der Waals surface area contributed by atoms with Crippen molar-refractivity contribution in [2.24, 2.45) is 11.8 Å². The zero-order chi connectivity index (χ0) is 13.7. The summed E-state index contributed by atoms with van der Waals surface area (Å²) in [6.45, 7) is 5.52. The van der Waals surface area contributed by atoms with Crippen LogP contribution in [0.1, 0.15) is 33.1 Å². The van der Waals surface area contributed by atoms with Gasteiger partial charge < -0.3 is 15.3 Å². The summed E-state index contributed by atoms with van der Waals surface area (Å²) in [5, 5.41) is 11.7. The minimum Gasteiger partial charge on any atom is -0.481 e. The second-order valence-corrected chi connectivity index (χ2v) is 5.62. The fourth-order valence-corrected chi connectivity index (χ4v) is 2.45. The standard InChI is InChI=1S/C13H24N2O3/c1-9(2)13(18)14-11-6-10(4-5-12(16)17)7-15(3)8-11/h9-11H,4-8H2,1-3H3,(H,14,18)(H,16,17). The number of aliphatic carboxylic acids is 1. The van der Waals surface area contributed by atoms with E-state index in [1.165, 1.54) is 0 Å². The Labute approximate surface area is 109 Å². The van der Waals surface area contributed by atoms with E-state index in [4.69, 9.17) is 5.11 Å². The van der Waals surface area contributed by atoms with Crippen molar-refractivity contribution in [3.05, 3.63) is 0 Å². The molecule has 2 N–H and O–H groups in total. The highest BCUT2D eigenvalue weighted by Crippen LogP contribution is 2.20. The number of rotatable bonds is 5. The number of hydrogen-bond acceptors (Lipinski definition) is 3. The first-order chi connectivity index (χ1) is 8.38. The Morgan fingerprint density at radius 3 is 2.61 bits per heavy atom. The molecular weight excluding hydrogens is 232 g/mol. The van der Waals surface area contributed by atoms with Crippen molar-refractivity contribution in [1.29, 1.82) is 0 Å². The van der Waals surface area contributed by atoms with E-state index in [0.29, 0.717) is 12.3 Å². The lowest BCUT2D eigenvalue weighted by Gasteiger charge is -2.36. The lowest BCUT2D eigenvalue weighted by molar-refractivity contribution is -0.137. The molecule has 5 heteroatoms. The summed E-state index contributed by atoms with van der Waals surface area (Å²) in [6, 6.07) is 0.150. The number of piperidine rings is 1. The van der Waals surface area contributed by atoms with Crippen molar-refractivity contribution in [3.8, 4) is 0 Å². The largest absolute Gasteiger partial charge is 0.481 e. The zero-order valence-corrected chi connectivity index (χ0v) is 11.5.